The summed E-state index contributed by atoms with van der Waals surface area (Å²) in [5, 5.41) is 8.31. The summed E-state index contributed by atoms with van der Waals surface area (Å²) in [5.41, 5.74) is 5.41. The quantitative estimate of drug-likeness (QED) is 0.547. The number of nitrogens with zero attached hydrogens (tertiary/aromatic N) is 2. The zero-order chi connectivity index (χ0) is 20.1. The van der Waals surface area contributed by atoms with Gasteiger partial charge in [-0.1, -0.05) is 24.3 Å². The summed E-state index contributed by atoms with van der Waals surface area (Å²) in [5.74, 6) is 0.460. The van der Waals surface area contributed by atoms with Gasteiger partial charge in [-0.15, -0.1) is 0 Å². The lowest BCUT2D eigenvalue weighted by atomic mass is 9.76. The third kappa shape index (κ3) is 2.94. The van der Waals surface area contributed by atoms with Crippen molar-refractivity contribution >= 4 is 27.5 Å². The molecular formula is C23H19BrFN3O. The van der Waals surface area contributed by atoms with Gasteiger partial charge in [-0.05, 0) is 65.5 Å². The van der Waals surface area contributed by atoms with E-state index in [-0.39, 0.29) is 17.5 Å². The molecule has 5 rings (SSSR count). The Balaban J connectivity index is 1.76. The zero-order valence-electron chi connectivity index (χ0n) is 15.9. The van der Waals surface area contributed by atoms with Gasteiger partial charge in [0.25, 0.3) is 0 Å². The molecule has 1 N–H and O–H groups in total. The maximum Gasteiger partial charge on any atom is 0.161 e. The van der Waals surface area contributed by atoms with Gasteiger partial charge in [0.15, 0.2) is 5.78 Å². The topological polar surface area (TPSA) is 46.9 Å². The molecule has 2 aromatic carbocycles. The Morgan fingerprint density at radius 2 is 1.97 bits per heavy atom. The van der Waals surface area contributed by atoms with Crippen LogP contribution < -0.4 is 5.32 Å². The Kier molecular flexibility index (Phi) is 4.39. The highest BCUT2D eigenvalue weighted by atomic mass is 79.9. The lowest BCUT2D eigenvalue weighted by Gasteiger charge is -2.33. The summed E-state index contributed by atoms with van der Waals surface area (Å²) in [4.78, 5) is 13.0. The third-order valence-corrected chi connectivity index (χ3v) is 6.29. The van der Waals surface area contributed by atoms with E-state index in [9.17, 15) is 9.18 Å². The van der Waals surface area contributed by atoms with E-state index in [1.807, 2.05) is 41.9 Å². The minimum Gasteiger partial charge on any atom is -0.343 e. The Hall–Kier alpha value is -2.73. The standard InChI is InChI=1S/C23H19BrFN3O/c1-13-20-21(14-10-11-17(25)16(24)12-14)22-18(8-5-9-19(22)29)26-23(20)28(27-13)15-6-3-2-4-7-15/h2-4,6-7,10-12,21,26H,5,8-9H2,1H3/t21-/m1/s1. The maximum atomic E-state index is 13.9. The minimum atomic E-state index is -0.316. The van der Waals surface area contributed by atoms with Gasteiger partial charge in [0, 0.05) is 29.2 Å². The van der Waals surface area contributed by atoms with Gasteiger partial charge in [-0.3, -0.25) is 4.79 Å². The second kappa shape index (κ2) is 6.95. The number of ketones is 1. The number of carbonyl (C=O) groups excluding carboxylic acids is 1. The van der Waals surface area contributed by atoms with E-state index >= 15 is 0 Å². The summed E-state index contributed by atoms with van der Waals surface area (Å²) in [7, 11) is 0. The number of allylic oxidation sites excluding steroid dienone is 2. The van der Waals surface area contributed by atoms with Gasteiger partial charge < -0.3 is 5.32 Å². The second-order valence-electron chi connectivity index (χ2n) is 7.50. The predicted molar refractivity (Wildman–Crippen MR) is 114 cm³/mol. The van der Waals surface area contributed by atoms with Crippen molar-refractivity contribution in [1.82, 2.24) is 9.78 Å². The van der Waals surface area contributed by atoms with Crippen LogP contribution in [0, 0.1) is 12.7 Å². The van der Waals surface area contributed by atoms with E-state index in [0.29, 0.717) is 10.9 Å². The highest BCUT2D eigenvalue weighted by molar-refractivity contribution is 9.10. The molecule has 2 aliphatic rings. The van der Waals surface area contributed by atoms with E-state index in [1.54, 1.807) is 12.1 Å². The van der Waals surface area contributed by atoms with Gasteiger partial charge in [-0.2, -0.15) is 5.10 Å². The van der Waals surface area contributed by atoms with Crippen LogP contribution in [0.5, 0.6) is 0 Å². The van der Waals surface area contributed by atoms with Crippen LogP contribution in [0.25, 0.3) is 5.69 Å². The highest BCUT2D eigenvalue weighted by Gasteiger charge is 2.38. The summed E-state index contributed by atoms with van der Waals surface area (Å²) in [6, 6.07) is 14.9. The van der Waals surface area contributed by atoms with Crippen LogP contribution in [-0.2, 0) is 4.79 Å². The number of rotatable bonds is 2. The highest BCUT2D eigenvalue weighted by Crippen LogP contribution is 2.47. The fourth-order valence-corrected chi connectivity index (χ4v) is 4.80. The summed E-state index contributed by atoms with van der Waals surface area (Å²) >= 11 is 3.30. The largest absolute Gasteiger partial charge is 0.343 e. The van der Waals surface area contributed by atoms with Gasteiger partial charge in [0.1, 0.15) is 11.6 Å². The smallest absolute Gasteiger partial charge is 0.161 e. The number of carbonyl (C=O) groups is 1. The molecule has 0 saturated carbocycles. The van der Waals surface area contributed by atoms with E-state index < -0.39 is 0 Å². The lowest BCUT2D eigenvalue weighted by Crippen LogP contribution is -2.27. The Morgan fingerprint density at radius 1 is 1.17 bits per heavy atom. The van der Waals surface area contributed by atoms with Crippen molar-refractivity contribution < 1.29 is 9.18 Å². The van der Waals surface area contributed by atoms with E-state index in [0.717, 1.165) is 52.4 Å². The molecule has 2 heterocycles. The maximum absolute atomic E-state index is 13.9. The first kappa shape index (κ1) is 18.3. The third-order valence-electron chi connectivity index (χ3n) is 5.69. The first-order valence-electron chi connectivity index (χ1n) is 9.67. The fourth-order valence-electron chi connectivity index (χ4n) is 4.40. The Bertz CT molecular complexity index is 1170. The molecular weight excluding hydrogens is 433 g/mol. The van der Waals surface area contributed by atoms with Crippen LogP contribution in [0.2, 0.25) is 0 Å². The van der Waals surface area contributed by atoms with E-state index in [4.69, 9.17) is 5.10 Å². The number of para-hydroxylation sites is 1. The first-order chi connectivity index (χ1) is 14.0. The van der Waals surface area contributed by atoms with Crippen molar-refractivity contribution in [3.8, 4) is 5.69 Å². The van der Waals surface area contributed by atoms with Crippen LogP contribution in [-0.4, -0.2) is 15.6 Å². The average molecular weight is 452 g/mol. The molecule has 0 saturated heterocycles. The Labute approximate surface area is 176 Å². The minimum absolute atomic E-state index is 0.154. The molecule has 146 valence electrons. The zero-order valence-corrected chi connectivity index (χ0v) is 17.5. The van der Waals surface area contributed by atoms with Crippen LogP contribution in [0.15, 0.2) is 64.3 Å². The molecule has 1 atom stereocenters. The van der Waals surface area contributed by atoms with Crippen molar-refractivity contribution in [2.45, 2.75) is 32.1 Å². The molecule has 1 aromatic heterocycles. The predicted octanol–water partition coefficient (Wildman–Crippen LogP) is 5.65. The van der Waals surface area contributed by atoms with Crippen molar-refractivity contribution in [1.29, 1.82) is 0 Å². The molecule has 6 heteroatoms. The number of hydrogen-bond donors (Lipinski definition) is 1. The van der Waals surface area contributed by atoms with Crippen LogP contribution in [0.3, 0.4) is 0 Å². The number of hydrogen-bond acceptors (Lipinski definition) is 3. The molecule has 1 aliphatic carbocycles. The monoisotopic (exact) mass is 451 g/mol. The van der Waals surface area contributed by atoms with Gasteiger partial charge in [0.2, 0.25) is 0 Å². The van der Waals surface area contributed by atoms with Crippen LogP contribution >= 0.6 is 15.9 Å². The molecule has 4 nitrogen and oxygen atoms in total. The first-order valence-corrected chi connectivity index (χ1v) is 10.5. The number of aryl methyl sites for hydroxylation is 1. The molecule has 0 spiro atoms. The average Bonchev–Trinajstić information content (AvgIpc) is 3.06. The molecule has 29 heavy (non-hydrogen) atoms. The van der Waals surface area contributed by atoms with Crippen molar-refractivity contribution in [3.63, 3.8) is 0 Å². The number of anilines is 1. The van der Waals surface area contributed by atoms with Crippen LogP contribution in [0.4, 0.5) is 10.2 Å². The molecule has 1 aliphatic heterocycles. The summed E-state index contributed by atoms with van der Waals surface area (Å²) < 4.78 is 16.2. The number of benzene rings is 2. The Morgan fingerprint density at radius 3 is 2.72 bits per heavy atom. The summed E-state index contributed by atoms with van der Waals surface area (Å²) in [6.07, 6.45) is 2.19. The number of nitrogens with one attached hydrogen (secondary N) is 1. The van der Waals surface area contributed by atoms with Crippen molar-refractivity contribution in [3.05, 3.63) is 86.9 Å². The lowest BCUT2D eigenvalue weighted by molar-refractivity contribution is -0.116. The summed E-state index contributed by atoms with van der Waals surface area (Å²) in [6.45, 7) is 1.96. The van der Waals surface area contributed by atoms with Crippen LogP contribution in [0.1, 0.15) is 42.0 Å². The van der Waals surface area contributed by atoms with Crippen molar-refractivity contribution in [2.24, 2.45) is 0 Å². The van der Waals surface area contributed by atoms with E-state index in [2.05, 4.69) is 21.2 Å². The molecule has 0 bridgehead atoms. The SMILES string of the molecule is Cc1nn(-c2ccccc2)c2c1[C@@H](c1ccc(F)c(Br)c1)C1=C(CCCC1=O)N2. The number of aromatic nitrogens is 2. The normalized spacial score (nSPS) is 18.3. The van der Waals surface area contributed by atoms with Gasteiger partial charge >= 0.3 is 0 Å². The number of halogens is 2. The molecule has 0 radical (unpaired) electrons. The molecule has 3 aromatic rings. The molecule has 0 fully saturated rings. The van der Waals surface area contributed by atoms with Gasteiger partial charge in [0.05, 0.1) is 15.9 Å². The fraction of sp³-hybridized carbons (Fsp3) is 0.217. The van der Waals surface area contributed by atoms with Crippen molar-refractivity contribution in [2.75, 3.05) is 5.32 Å². The second-order valence-corrected chi connectivity index (χ2v) is 8.35. The number of fused-ring (bicyclic) bond motifs is 1. The molecule has 0 amide bonds. The number of Topliss-reactive ketones (excluding diaryl/α,β-unsaturated/α-hetero) is 1. The van der Waals surface area contributed by atoms with E-state index in [1.165, 1.54) is 6.07 Å². The van der Waals surface area contributed by atoms with Gasteiger partial charge in [-0.25, -0.2) is 9.07 Å². The molecule has 0 unspecified atom stereocenters.